The number of para-hydroxylation sites is 1. The molecular weight excluding hydrogens is 394 g/mol. The molecule has 1 saturated heterocycles. The molecule has 3 amide bonds. The van der Waals surface area contributed by atoms with Crippen molar-refractivity contribution < 1.29 is 14.3 Å². The summed E-state index contributed by atoms with van der Waals surface area (Å²) >= 11 is 0. The van der Waals surface area contributed by atoms with Crippen LogP contribution in [-0.2, 0) is 4.74 Å². The normalized spacial score (nSPS) is 18.9. The van der Waals surface area contributed by atoms with Crippen molar-refractivity contribution in [1.82, 2.24) is 15.2 Å². The summed E-state index contributed by atoms with van der Waals surface area (Å²) in [5, 5.41) is 6.06. The lowest BCUT2D eigenvalue weighted by Crippen LogP contribution is -2.43. The van der Waals surface area contributed by atoms with E-state index in [1.807, 2.05) is 13.0 Å². The average Bonchev–Trinajstić information content (AvgIpc) is 3.07. The zero-order valence-corrected chi connectivity index (χ0v) is 17.8. The molecule has 3 heterocycles. The van der Waals surface area contributed by atoms with Crippen molar-refractivity contribution >= 4 is 29.1 Å². The van der Waals surface area contributed by atoms with Gasteiger partial charge >= 0.3 is 6.03 Å². The number of nitrogens with zero attached hydrogens (tertiary/aromatic N) is 3. The average molecular weight is 424 g/mol. The van der Waals surface area contributed by atoms with Crippen LogP contribution in [0, 0.1) is 0 Å². The number of hydrogen-bond acceptors (Lipinski definition) is 5. The second kappa shape index (κ2) is 9.89. The first kappa shape index (κ1) is 21.3. The van der Waals surface area contributed by atoms with Crippen molar-refractivity contribution in [1.29, 1.82) is 0 Å². The molecule has 8 heteroatoms. The Labute approximate surface area is 182 Å². The molecule has 4 rings (SSSR count). The standard InChI is InChI=1S/C23H29N5O3/c1-2-31-16-15-27-13-6-7-17(11-14-27)25-23(30)28-20-10-4-3-8-18(20)22(29)26-19-9-5-12-24-21(19)28/h3-5,8-10,12,17H,2,6-7,11,13-16H2,1H3,(H,25,30)(H,26,29). The number of rotatable bonds is 5. The van der Waals surface area contributed by atoms with Gasteiger partial charge in [-0.3, -0.25) is 4.79 Å². The van der Waals surface area contributed by atoms with Gasteiger partial charge in [-0.15, -0.1) is 0 Å². The van der Waals surface area contributed by atoms with Crippen LogP contribution in [0.3, 0.4) is 0 Å². The van der Waals surface area contributed by atoms with Gasteiger partial charge in [0.05, 0.1) is 23.5 Å². The summed E-state index contributed by atoms with van der Waals surface area (Å²) in [6, 6.07) is 10.4. The van der Waals surface area contributed by atoms with Crippen LogP contribution in [0.25, 0.3) is 0 Å². The van der Waals surface area contributed by atoms with Gasteiger partial charge in [-0.1, -0.05) is 12.1 Å². The van der Waals surface area contributed by atoms with Gasteiger partial charge in [-0.25, -0.2) is 14.7 Å². The Hall–Kier alpha value is -2.97. The summed E-state index contributed by atoms with van der Waals surface area (Å²) in [6.07, 6.45) is 4.43. The molecule has 31 heavy (non-hydrogen) atoms. The van der Waals surface area contributed by atoms with Crippen LogP contribution >= 0.6 is 0 Å². The highest BCUT2D eigenvalue weighted by Crippen LogP contribution is 2.36. The Morgan fingerprint density at radius 1 is 1.23 bits per heavy atom. The van der Waals surface area contributed by atoms with Crippen molar-refractivity contribution in [3.05, 3.63) is 48.2 Å². The fraction of sp³-hybridized carbons (Fsp3) is 0.435. The molecule has 1 fully saturated rings. The molecule has 0 saturated carbocycles. The fourth-order valence-corrected chi connectivity index (χ4v) is 4.14. The van der Waals surface area contributed by atoms with Crippen molar-refractivity contribution in [3.63, 3.8) is 0 Å². The van der Waals surface area contributed by atoms with Crippen LogP contribution in [0.15, 0.2) is 42.6 Å². The van der Waals surface area contributed by atoms with E-state index in [1.165, 1.54) is 4.90 Å². The molecule has 2 aliphatic heterocycles. The van der Waals surface area contributed by atoms with Crippen LogP contribution in [0.1, 0.15) is 36.5 Å². The molecule has 1 unspecified atom stereocenters. The van der Waals surface area contributed by atoms with Crippen molar-refractivity contribution in [2.45, 2.75) is 32.2 Å². The number of anilines is 3. The first-order chi connectivity index (χ1) is 15.2. The molecule has 8 nitrogen and oxygen atoms in total. The molecule has 0 spiro atoms. The zero-order chi connectivity index (χ0) is 21.6. The maximum absolute atomic E-state index is 13.5. The topological polar surface area (TPSA) is 86.8 Å². The van der Waals surface area contributed by atoms with E-state index in [9.17, 15) is 9.59 Å². The SMILES string of the molecule is CCOCCN1CCCC(NC(=O)N2c3ccccc3C(=O)Nc3cccnc32)CC1. The number of nitrogens with one attached hydrogen (secondary N) is 2. The van der Waals surface area contributed by atoms with Gasteiger partial charge in [0.15, 0.2) is 5.82 Å². The number of carbonyl (C=O) groups excluding carboxylic acids is 2. The van der Waals surface area contributed by atoms with Crippen molar-refractivity contribution in [2.75, 3.05) is 43.1 Å². The van der Waals surface area contributed by atoms with Gasteiger partial charge in [0, 0.05) is 31.9 Å². The minimum Gasteiger partial charge on any atom is -0.380 e. The minimum absolute atomic E-state index is 0.0656. The predicted molar refractivity (Wildman–Crippen MR) is 120 cm³/mol. The van der Waals surface area contributed by atoms with Crippen molar-refractivity contribution in [3.8, 4) is 0 Å². The molecule has 2 N–H and O–H groups in total. The zero-order valence-electron chi connectivity index (χ0n) is 17.8. The van der Waals surface area contributed by atoms with Gasteiger partial charge in [-0.2, -0.15) is 0 Å². The van der Waals surface area contributed by atoms with E-state index in [0.29, 0.717) is 22.8 Å². The van der Waals surface area contributed by atoms with Crippen LogP contribution < -0.4 is 15.5 Å². The largest absolute Gasteiger partial charge is 0.380 e. The quantitative estimate of drug-likeness (QED) is 0.720. The first-order valence-electron chi connectivity index (χ1n) is 10.9. The monoisotopic (exact) mass is 423 g/mol. The van der Waals surface area contributed by atoms with E-state index in [0.717, 1.165) is 52.1 Å². The highest BCUT2D eigenvalue weighted by molar-refractivity contribution is 6.16. The van der Waals surface area contributed by atoms with Gasteiger partial charge in [0.1, 0.15) is 0 Å². The highest BCUT2D eigenvalue weighted by atomic mass is 16.5. The number of pyridine rings is 1. The third-order valence-electron chi connectivity index (χ3n) is 5.74. The molecule has 0 radical (unpaired) electrons. The molecule has 0 aliphatic carbocycles. The molecule has 0 bridgehead atoms. The third-order valence-corrected chi connectivity index (χ3v) is 5.74. The molecule has 2 aliphatic rings. The number of fused-ring (bicyclic) bond motifs is 2. The van der Waals surface area contributed by atoms with E-state index in [2.05, 4.69) is 20.5 Å². The maximum atomic E-state index is 13.5. The second-order valence-corrected chi connectivity index (χ2v) is 7.80. The summed E-state index contributed by atoms with van der Waals surface area (Å²) in [4.78, 5) is 34.5. The Balaban J connectivity index is 1.52. The summed E-state index contributed by atoms with van der Waals surface area (Å²) in [7, 11) is 0. The van der Waals surface area contributed by atoms with E-state index >= 15 is 0 Å². The number of hydrogen-bond donors (Lipinski definition) is 2. The Morgan fingerprint density at radius 3 is 2.97 bits per heavy atom. The number of carbonyl (C=O) groups is 2. The minimum atomic E-state index is -0.267. The number of urea groups is 1. The van der Waals surface area contributed by atoms with E-state index in [1.54, 1.807) is 36.5 Å². The molecule has 164 valence electrons. The molecule has 1 aromatic heterocycles. The number of likely N-dealkylation sites (tertiary alicyclic amines) is 1. The fourth-order valence-electron chi connectivity index (χ4n) is 4.14. The van der Waals surface area contributed by atoms with Gasteiger partial charge in [0.25, 0.3) is 5.91 Å². The molecule has 1 atom stereocenters. The molecular formula is C23H29N5O3. The lowest BCUT2D eigenvalue weighted by atomic mass is 10.1. The summed E-state index contributed by atoms with van der Waals surface area (Å²) in [5.41, 5.74) is 1.49. The smallest absolute Gasteiger partial charge is 0.328 e. The summed E-state index contributed by atoms with van der Waals surface area (Å²) in [6.45, 7) is 6.32. The van der Waals surface area contributed by atoms with Gasteiger partial charge in [-0.05, 0) is 57.0 Å². The lowest BCUT2D eigenvalue weighted by Gasteiger charge is -2.26. The predicted octanol–water partition coefficient (Wildman–Crippen LogP) is 3.39. The number of aromatic nitrogens is 1. The van der Waals surface area contributed by atoms with Crippen LogP contribution in [-0.4, -0.2) is 60.7 Å². The van der Waals surface area contributed by atoms with Gasteiger partial charge < -0.3 is 20.3 Å². The van der Waals surface area contributed by atoms with E-state index in [4.69, 9.17) is 4.74 Å². The van der Waals surface area contributed by atoms with Crippen LogP contribution in [0.5, 0.6) is 0 Å². The first-order valence-corrected chi connectivity index (χ1v) is 10.9. The molecule has 1 aromatic carbocycles. The summed E-state index contributed by atoms with van der Waals surface area (Å²) < 4.78 is 5.48. The van der Waals surface area contributed by atoms with E-state index < -0.39 is 0 Å². The lowest BCUT2D eigenvalue weighted by molar-refractivity contribution is 0.102. The Morgan fingerprint density at radius 2 is 2.10 bits per heavy atom. The van der Waals surface area contributed by atoms with Crippen LogP contribution in [0.2, 0.25) is 0 Å². The van der Waals surface area contributed by atoms with Crippen molar-refractivity contribution in [2.24, 2.45) is 0 Å². The van der Waals surface area contributed by atoms with Gasteiger partial charge in [0.2, 0.25) is 0 Å². The molecule has 2 aromatic rings. The van der Waals surface area contributed by atoms with E-state index in [-0.39, 0.29) is 18.0 Å². The third kappa shape index (κ3) is 4.86. The number of amides is 3. The Kier molecular flexibility index (Phi) is 6.79. The Bertz CT molecular complexity index is 935. The highest BCUT2D eigenvalue weighted by Gasteiger charge is 2.31. The summed E-state index contributed by atoms with van der Waals surface area (Å²) in [5.74, 6) is 0.171. The maximum Gasteiger partial charge on any atom is 0.328 e. The van der Waals surface area contributed by atoms with Crippen LogP contribution in [0.4, 0.5) is 22.0 Å². The number of ether oxygens (including phenoxy) is 1. The number of benzene rings is 1. The second-order valence-electron chi connectivity index (χ2n) is 7.80.